The van der Waals surface area contributed by atoms with Crippen molar-refractivity contribution in [3.63, 3.8) is 0 Å². The van der Waals surface area contributed by atoms with Crippen LogP contribution >= 0.6 is 0 Å². The Bertz CT molecular complexity index is 528. The van der Waals surface area contributed by atoms with Crippen molar-refractivity contribution >= 4 is 6.03 Å². The third-order valence-electron chi connectivity index (χ3n) is 5.35. The van der Waals surface area contributed by atoms with Crippen LogP contribution in [0.1, 0.15) is 31.4 Å². The first-order valence-corrected chi connectivity index (χ1v) is 8.50. The molecule has 1 aromatic carbocycles. The van der Waals surface area contributed by atoms with Crippen LogP contribution in [0.2, 0.25) is 0 Å². The Balaban J connectivity index is 1.63. The van der Waals surface area contributed by atoms with E-state index in [0.717, 1.165) is 51.3 Å². The maximum atomic E-state index is 12.7. The normalized spacial score (nSPS) is 22.8. The van der Waals surface area contributed by atoms with Crippen molar-refractivity contribution in [2.24, 2.45) is 0 Å². The molecule has 0 saturated carbocycles. The Morgan fingerprint density at radius 1 is 1.22 bits per heavy atom. The quantitative estimate of drug-likeness (QED) is 0.910. The molecule has 2 saturated heterocycles. The standard InChI is InChI=1S/C18H27N3O2/c1-15(16-6-4-3-5-7-16)19-17(22)21-11-10-20(2)18(14-21)8-12-23-13-9-18/h3-7,15H,8-14H2,1-2H3,(H,19,22)/t15-/m1/s1. The van der Waals surface area contributed by atoms with E-state index in [1.807, 2.05) is 30.0 Å². The summed E-state index contributed by atoms with van der Waals surface area (Å²) < 4.78 is 5.52. The van der Waals surface area contributed by atoms with Gasteiger partial charge in [-0.3, -0.25) is 4.90 Å². The van der Waals surface area contributed by atoms with Crippen LogP contribution in [0, 0.1) is 0 Å². The molecule has 2 aliphatic rings. The summed E-state index contributed by atoms with van der Waals surface area (Å²) in [5.74, 6) is 0. The summed E-state index contributed by atoms with van der Waals surface area (Å²) in [7, 11) is 2.17. The molecule has 1 N–H and O–H groups in total. The Hall–Kier alpha value is -1.59. The Labute approximate surface area is 138 Å². The van der Waals surface area contributed by atoms with Gasteiger partial charge in [0.2, 0.25) is 0 Å². The number of ether oxygens (including phenoxy) is 1. The molecule has 2 heterocycles. The second-order valence-corrected chi connectivity index (χ2v) is 6.76. The minimum Gasteiger partial charge on any atom is -0.381 e. The summed E-state index contributed by atoms with van der Waals surface area (Å²) in [5.41, 5.74) is 1.22. The number of nitrogens with zero attached hydrogens (tertiary/aromatic N) is 2. The van der Waals surface area contributed by atoms with Gasteiger partial charge in [0.15, 0.2) is 0 Å². The lowest BCUT2D eigenvalue weighted by atomic mass is 9.86. The van der Waals surface area contributed by atoms with E-state index >= 15 is 0 Å². The number of likely N-dealkylation sites (N-methyl/N-ethyl adjacent to an activating group) is 1. The highest BCUT2D eigenvalue weighted by molar-refractivity contribution is 5.75. The van der Waals surface area contributed by atoms with Crippen molar-refractivity contribution in [1.82, 2.24) is 15.1 Å². The fourth-order valence-electron chi connectivity index (χ4n) is 3.63. The number of piperazine rings is 1. The summed E-state index contributed by atoms with van der Waals surface area (Å²) in [6.07, 6.45) is 2.00. The average Bonchev–Trinajstić information content (AvgIpc) is 2.59. The van der Waals surface area contributed by atoms with E-state index in [2.05, 4.69) is 29.4 Å². The van der Waals surface area contributed by atoms with Crippen LogP contribution in [0.4, 0.5) is 4.79 Å². The molecule has 5 heteroatoms. The molecular formula is C18H27N3O2. The van der Waals surface area contributed by atoms with Gasteiger partial charge in [0.1, 0.15) is 0 Å². The number of hydrogen-bond acceptors (Lipinski definition) is 3. The lowest BCUT2D eigenvalue weighted by molar-refractivity contribution is -0.0515. The number of urea groups is 1. The van der Waals surface area contributed by atoms with Gasteiger partial charge >= 0.3 is 6.03 Å². The second-order valence-electron chi connectivity index (χ2n) is 6.76. The van der Waals surface area contributed by atoms with Gasteiger partial charge in [-0.25, -0.2) is 4.79 Å². The number of nitrogens with one attached hydrogen (secondary N) is 1. The van der Waals surface area contributed by atoms with Gasteiger partial charge in [-0.15, -0.1) is 0 Å². The van der Waals surface area contributed by atoms with Crippen LogP contribution in [0.3, 0.4) is 0 Å². The number of carbonyl (C=O) groups excluding carboxylic acids is 1. The molecule has 0 aromatic heterocycles. The zero-order chi connectivity index (χ0) is 16.3. The first-order chi connectivity index (χ1) is 11.1. The largest absolute Gasteiger partial charge is 0.381 e. The molecule has 0 bridgehead atoms. The highest BCUT2D eigenvalue weighted by Gasteiger charge is 2.42. The summed E-state index contributed by atoms with van der Waals surface area (Å²) in [6.45, 7) is 6.12. The molecule has 1 atom stereocenters. The van der Waals surface area contributed by atoms with Crippen LogP contribution in [-0.4, -0.2) is 61.3 Å². The first kappa shape index (κ1) is 16.3. The zero-order valence-electron chi connectivity index (χ0n) is 14.1. The van der Waals surface area contributed by atoms with Crippen molar-refractivity contribution in [2.45, 2.75) is 31.3 Å². The molecule has 23 heavy (non-hydrogen) atoms. The van der Waals surface area contributed by atoms with Crippen LogP contribution in [0.15, 0.2) is 30.3 Å². The van der Waals surface area contributed by atoms with Gasteiger partial charge in [-0.1, -0.05) is 30.3 Å². The molecule has 5 nitrogen and oxygen atoms in total. The van der Waals surface area contributed by atoms with Gasteiger partial charge in [-0.2, -0.15) is 0 Å². The topological polar surface area (TPSA) is 44.8 Å². The lowest BCUT2D eigenvalue weighted by Crippen LogP contribution is -2.64. The van der Waals surface area contributed by atoms with E-state index in [1.54, 1.807) is 0 Å². The minimum absolute atomic E-state index is 0.0222. The number of rotatable bonds is 2. The fraction of sp³-hybridized carbons (Fsp3) is 0.611. The van der Waals surface area contributed by atoms with E-state index < -0.39 is 0 Å². The molecule has 1 aromatic rings. The van der Waals surface area contributed by atoms with E-state index in [0.29, 0.717) is 0 Å². The van der Waals surface area contributed by atoms with Crippen LogP contribution in [-0.2, 0) is 4.74 Å². The SMILES string of the molecule is C[C@@H](NC(=O)N1CCN(C)C2(CCOCC2)C1)c1ccccc1. The van der Waals surface area contributed by atoms with Crippen molar-refractivity contribution in [1.29, 1.82) is 0 Å². The summed E-state index contributed by atoms with van der Waals surface area (Å²) in [4.78, 5) is 17.1. The molecule has 2 amide bonds. The second kappa shape index (κ2) is 6.89. The van der Waals surface area contributed by atoms with Crippen molar-refractivity contribution in [2.75, 3.05) is 39.9 Å². The summed E-state index contributed by atoms with van der Waals surface area (Å²) in [5, 5.41) is 3.14. The van der Waals surface area contributed by atoms with Gasteiger partial charge in [0.25, 0.3) is 0 Å². The summed E-state index contributed by atoms with van der Waals surface area (Å²) >= 11 is 0. The molecule has 3 rings (SSSR count). The molecule has 0 unspecified atom stereocenters. The molecule has 0 radical (unpaired) electrons. The maximum absolute atomic E-state index is 12.7. The smallest absolute Gasteiger partial charge is 0.317 e. The van der Waals surface area contributed by atoms with Gasteiger partial charge in [0.05, 0.1) is 6.04 Å². The third-order valence-corrected chi connectivity index (χ3v) is 5.35. The Morgan fingerprint density at radius 3 is 2.61 bits per heavy atom. The third kappa shape index (κ3) is 3.51. The molecule has 2 aliphatic heterocycles. The van der Waals surface area contributed by atoms with Gasteiger partial charge < -0.3 is 15.0 Å². The van der Waals surface area contributed by atoms with E-state index in [4.69, 9.17) is 4.74 Å². The number of amides is 2. The van der Waals surface area contributed by atoms with Crippen molar-refractivity contribution in [3.05, 3.63) is 35.9 Å². The Kier molecular flexibility index (Phi) is 4.87. The molecule has 0 aliphatic carbocycles. The summed E-state index contributed by atoms with van der Waals surface area (Å²) in [6, 6.07) is 10.2. The van der Waals surface area contributed by atoms with E-state index in [1.165, 1.54) is 0 Å². The first-order valence-electron chi connectivity index (χ1n) is 8.50. The highest BCUT2D eigenvalue weighted by Crippen LogP contribution is 2.30. The molecular weight excluding hydrogens is 290 g/mol. The minimum atomic E-state index is 0.0222. The predicted molar refractivity (Wildman–Crippen MR) is 90.4 cm³/mol. The van der Waals surface area contributed by atoms with Crippen LogP contribution in [0.5, 0.6) is 0 Å². The molecule has 126 valence electrons. The zero-order valence-corrected chi connectivity index (χ0v) is 14.1. The van der Waals surface area contributed by atoms with Crippen LogP contribution < -0.4 is 5.32 Å². The predicted octanol–water partition coefficient (Wildman–Crippen LogP) is 2.25. The van der Waals surface area contributed by atoms with Crippen molar-refractivity contribution < 1.29 is 9.53 Å². The monoisotopic (exact) mass is 317 g/mol. The Morgan fingerprint density at radius 2 is 1.91 bits per heavy atom. The molecule has 2 fully saturated rings. The average molecular weight is 317 g/mol. The maximum Gasteiger partial charge on any atom is 0.317 e. The fourth-order valence-corrected chi connectivity index (χ4v) is 3.63. The number of hydrogen-bond donors (Lipinski definition) is 1. The van der Waals surface area contributed by atoms with E-state index in [-0.39, 0.29) is 17.6 Å². The lowest BCUT2D eigenvalue weighted by Gasteiger charge is -2.51. The number of carbonyl (C=O) groups is 1. The van der Waals surface area contributed by atoms with Crippen LogP contribution in [0.25, 0.3) is 0 Å². The van der Waals surface area contributed by atoms with E-state index in [9.17, 15) is 4.79 Å². The van der Waals surface area contributed by atoms with Gasteiger partial charge in [-0.05, 0) is 32.4 Å². The van der Waals surface area contributed by atoms with Gasteiger partial charge in [0, 0.05) is 38.4 Å². The molecule has 1 spiro atoms. The number of benzene rings is 1. The highest BCUT2D eigenvalue weighted by atomic mass is 16.5. The van der Waals surface area contributed by atoms with Crippen molar-refractivity contribution in [3.8, 4) is 0 Å².